The molecule has 0 bridgehead atoms. The molecular formula is C5H11ClN2S. The van der Waals surface area contributed by atoms with Gasteiger partial charge in [-0.1, -0.05) is 6.92 Å². The smallest absolute Gasteiger partial charge is 0.150 e. The summed E-state index contributed by atoms with van der Waals surface area (Å²) in [7, 11) is 0. The number of hydrogen-bond acceptors (Lipinski definition) is 3. The van der Waals surface area contributed by atoms with Gasteiger partial charge in [-0.25, -0.2) is 0 Å². The zero-order valence-electron chi connectivity index (χ0n) is 5.55. The van der Waals surface area contributed by atoms with Crippen molar-refractivity contribution in [2.75, 3.05) is 6.26 Å². The van der Waals surface area contributed by atoms with Gasteiger partial charge in [-0.2, -0.15) is 5.26 Å². The Labute approximate surface area is 66.2 Å². The number of nitriles is 1. The summed E-state index contributed by atoms with van der Waals surface area (Å²) >= 11 is 1.39. The van der Waals surface area contributed by atoms with Crippen molar-refractivity contribution >= 4 is 24.2 Å². The van der Waals surface area contributed by atoms with Gasteiger partial charge in [0.1, 0.15) is 4.87 Å². The molecule has 0 aromatic carbocycles. The summed E-state index contributed by atoms with van der Waals surface area (Å²) in [5, 5.41) is 8.39. The predicted molar refractivity (Wildman–Crippen MR) is 43.6 cm³/mol. The lowest BCUT2D eigenvalue weighted by molar-refractivity contribution is 0.735. The van der Waals surface area contributed by atoms with Crippen molar-refractivity contribution in [3.8, 4) is 6.07 Å². The van der Waals surface area contributed by atoms with E-state index in [1.165, 1.54) is 11.8 Å². The molecule has 0 rings (SSSR count). The van der Waals surface area contributed by atoms with Gasteiger partial charge in [-0.3, -0.25) is 0 Å². The fraction of sp³-hybridized carbons (Fsp3) is 0.800. The number of nitrogens with two attached hydrogens (primary N) is 1. The first-order valence-corrected chi connectivity index (χ1v) is 3.66. The molecule has 1 unspecified atom stereocenters. The molecule has 0 radical (unpaired) electrons. The molecule has 0 saturated heterocycles. The molecule has 2 N–H and O–H groups in total. The van der Waals surface area contributed by atoms with Crippen LogP contribution in [0.15, 0.2) is 0 Å². The molecule has 54 valence electrons. The molecule has 9 heavy (non-hydrogen) atoms. The Bertz CT molecular complexity index is 106. The van der Waals surface area contributed by atoms with Crippen molar-refractivity contribution in [1.29, 1.82) is 5.26 Å². The lowest BCUT2D eigenvalue weighted by atomic mass is 10.3. The molecule has 0 saturated carbocycles. The first kappa shape index (κ1) is 11.8. The largest absolute Gasteiger partial charge is 0.305 e. The highest BCUT2D eigenvalue weighted by Gasteiger charge is 2.18. The van der Waals surface area contributed by atoms with Gasteiger partial charge in [0.15, 0.2) is 0 Å². The van der Waals surface area contributed by atoms with E-state index in [1.54, 1.807) is 0 Å². The minimum atomic E-state index is -0.653. The van der Waals surface area contributed by atoms with Crippen LogP contribution in [0.2, 0.25) is 0 Å². The fourth-order valence-corrected chi connectivity index (χ4v) is 0.649. The molecule has 0 aliphatic carbocycles. The maximum Gasteiger partial charge on any atom is 0.150 e. The SMILES string of the molecule is CCC(N)(C#N)SC.Cl. The topological polar surface area (TPSA) is 49.8 Å². The molecule has 0 aliphatic rings. The minimum absolute atomic E-state index is 0. The molecule has 0 spiro atoms. The lowest BCUT2D eigenvalue weighted by Crippen LogP contribution is -2.32. The van der Waals surface area contributed by atoms with Crippen LogP contribution in [0.25, 0.3) is 0 Å². The number of hydrogen-bond donors (Lipinski definition) is 1. The summed E-state index contributed by atoms with van der Waals surface area (Å²) in [6, 6.07) is 2.02. The zero-order chi connectivity index (χ0) is 6.62. The highest BCUT2D eigenvalue weighted by molar-refractivity contribution is 8.00. The van der Waals surface area contributed by atoms with Crippen molar-refractivity contribution in [2.45, 2.75) is 18.2 Å². The molecule has 0 aromatic rings. The number of rotatable bonds is 2. The standard InChI is InChI=1S/C5H10N2S.ClH/c1-3-5(7,4-6)8-2;/h3,7H2,1-2H3;1H. The molecule has 2 nitrogen and oxygen atoms in total. The Hall–Kier alpha value is 0.0900. The van der Waals surface area contributed by atoms with Gasteiger partial charge in [-0.05, 0) is 12.7 Å². The highest BCUT2D eigenvalue weighted by Crippen LogP contribution is 2.17. The molecular weight excluding hydrogens is 156 g/mol. The summed E-state index contributed by atoms with van der Waals surface area (Å²) in [4.78, 5) is -0.653. The Kier molecular flexibility index (Phi) is 6.47. The van der Waals surface area contributed by atoms with E-state index in [0.29, 0.717) is 6.42 Å². The predicted octanol–water partition coefficient (Wildman–Crippen LogP) is 1.36. The second-order valence-electron chi connectivity index (χ2n) is 1.56. The number of halogens is 1. The van der Waals surface area contributed by atoms with Gasteiger partial charge in [0.2, 0.25) is 0 Å². The van der Waals surface area contributed by atoms with E-state index in [9.17, 15) is 0 Å². The van der Waals surface area contributed by atoms with Crippen molar-refractivity contribution in [1.82, 2.24) is 0 Å². The average Bonchev–Trinajstić information content (AvgIpc) is 1.87. The molecule has 0 aromatic heterocycles. The maximum atomic E-state index is 8.39. The Balaban J connectivity index is 0. The summed E-state index contributed by atoms with van der Waals surface area (Å²) < 4.78 is 0. The van der Waals surface area contributed by atoms with E-state index in [-0.39, 0.29) is 12.4 Å². The van der Waals surface area contributed by atoms with Crippen molar-refractivity contribution < 1.29 is 0 Å². The minimum Gasteiger partial charge on any atom is -0.305 e. The summed E-state index contributed by atoms with van der Waals surface area (Å²) in [5.74, 6) is 0. The van der Waals surface area contributed by atoms with Crippen LogP contribution >= 0.6 is 24.2 Å². The van der Waals surface area contributed by atoms with Gasteiger partial charge in [-0.15, -0.1) is 24.2 Å². The van der Waals surface area contributed by atoms with E-state index >= 15 is 0 Å². The molecule has 1 atom stereocenters. The fourth-order valence-electron chi connectivity index (χ4n) is 0.269. The van der Waals surface area contributed by atoms with Gasteiger partial charge in [0.05, 0.1) is 6.07 Å². The Morgan fingerprint density at radius 1 is 1.78 bits per heavy atom. The monoisotopic (exact) mass is 166 g/mol. The number of nitrogens with zero attached hydrogens (tertiary/aromatic N) is 1. The van der Waals surface area contributed by atoms with Crippen LogP contribution in [-0.2, 0) is 0 Å². The van der Waals surface area contributed by atoms with Crippen LogP contribution < -0.4 is 5.73 Å². The quantitative estimate of drug-likeness (QED) is 0.631. The summed E-state index contributed by atoms with van der Waals surface area (Å²) in [6.45, 7) is 1.90. The average molecular weight is 167 g/mol. The molecule has 0 aliphatic heterocycles. The van der Waals surface area contributed by atoms with Crippen molar-refractivity contribution in [3.05, 3.63) is 0 Å². The highest BCUT2D eigenvalue weighted by atomic mass is 35.5. The van der Waals surface area contributed by atoms with Crippen LogP contribution in [0.5, 0.6) is 0 Å². The van der Waals surface area contributed by atoms with E-state index < -0.39 is 4.87 Å². The zero-order valence-corrected chi connectivity index (χ0v) is 7.18. The third kappa shape index (κ3) is 3.63. The summed E-state index contributed by atoms with van der Waals surface area (Å²) in [6.07, 6.45) is 2.54. The molecule has 0 fully saturated rings. The molecule has 4 heteroatoms. The first-order chi connectivity index (χ1) is 3.68. The van der Waals surface area contributed by atoms with Gasteiger partial charge < -0.3 is 5.73 Å². The van der Waals surface area contributed by atoms with E-state index in [0.717, 1.165) is 0 Å². The van der Waals surface area contributed by atoms with Crippen LogP contribution in [-0.4, -0.2) is 11.1 Å². The van der Waals surface area contributed by atoms with Crippen LogP contribution in [0, 0.1) is 11.3 Å². The van der Waals surface area contributed by atoms with E-state index in [1.807, 2.05) is 19.2 Å². The normalized spacial score (nSPS) is 14.9. The molecule has 0 heterocycles. The van der Waals surface area contributed by atoms with Crippen LogP contribution in [0.3, 0.4) is 0 Å². The Morgan fingerprint density at radius 3 is 2.22 bits per heavy atom. The van der Waals surface area contributed by atoms with Gasteiger partial charge in [0.25, 0.3) is 0 Å². The third-order valence-corrected chi connectivity index (χ3v) is 2.19. The van der Waals surface area contributed by atoms with Crippen molar-refractivity contribution in [2.24, 2.45) is 5.73 Å². The van der Waals surface area contributed by atoms with Crippen LogP contribution in [0.4, 0.5) is 0 Å². The first-order valence-electron chi connectivity index (χ1n) is 2.44. The van der Waals surface area contributed by atoms with Gasteiger partial charge >= 0.3 is 0 Å². The molecule has 0 amide bonds. The maximum absolute atomic E-state index is 8.39. The second-order valence-corrected chi connectivity index (χ2v) is 2.70. The Morgan fingerprint density at radius 2 is 2.22 bits per heavy atom. The third-order valence-electron chi connectivity index (χ3n) is 1.08. The summed E-state index contributed by atoms with van der Waals surface area (Å²) in [5.41, 5.74) is 5.50. The second kappa shape index (κ2) is 4.92. The van der Waals surface area contributed by atoms with Gasteiger partial charge in [0, 0.05) is 0 Å². The van der Waals surface area contributed by atoms with E-state index in [4.69, 9.17) is 11.0 Å². The lowest BCUT2D eigenvalue weighted by Gasteiger charge is -2.14. The van der Waals surface area contributed by atoms with Crippen molar-refractivity contribution in [3.63, 3.8) is 0 Å². The van der Waals surface area contributed by atoms with Crippen LogP contribution in [0.1, 0.15) is 13.3 Å². The van der Waals surface area contributed by atoms with E-state index in [2.05, 4.69) is 0 Å². The number of thioether (sulfide) groups is 1.